The normalized spacial score (nSPS) is 17.7. The number of hydrogen-bond acceptors (Lipinski definition) is 4. The van der Waals surface area contributed by atoms with Crippen LogP contribution in [-0.4, -0.2) is 52.3 Å². The van der Waals surface area contributed by atoms with Crippen molar-refractivity contribution in [1.29, 1.82) is 0 Å². The summed E-state index contributed by atoms with van der Waals surface area (Å²) in [5.41, 5.74) is 2.39. The fourth-order valence-electron chi connectivity index (χ4n) is 3.17. The molecule has 5 heteroatoms. The van der Waals surface area contributed by atoms with Gasteiger partial charge >= 0.3 is 0 Å². The molecule has 0 unspecified atom stereocenters. The molecule has 0 spiro atoms. The van der Waals surface area contributed by atoms with Crippen LogP contribution in [-0.2, 0) is 13.1 Å². The standard InChI is InChI=1S/C17H26N4S/c1-15-13-16(2)21(18-15)11-10-19-6-4-7-20(9-8-19)14-17-5-3-12-22-17/h3,5,12-13H,4,6-11,14H2,1-2H3. The molecule has 120 valence electrons. The van der Waals surface area contributed by atoms with Gasteiger partial charge in [0.2, 0.25) is 0 Å². The van der Waals surface area contributed by atoms with Gasteiger partial charge in [-0.1, -0.05) is 6.07 Å². The second-order valence-electron chi connectivity index (χ2n) is 6.20. The molecule has 0 aromatic carbocycles. The van der Waals surface area contributed by atoms with E-state index in [0.29, 0.717) is 0 Å². The van der Waals surface area contributed by atoms with Crippen molar-refractivity contribution in [1.82, 2.24) is 19.6 Å². The van der Waals surface area contributed by atoms with Gasteiger partial charge in [-0.25, -0.2) is 0 Å². The Balaban J connectivity index is 1.47. The topological polar surface area (TPSA) is 24.3 Å². The van der Waals surface area contributed by atoms with E-state index in [9.17, 15) is 0 Å². The van der Waals surface area contributed by atoms with Crippen molar-refractivity contribution >= 4 is 11.3 Å². The lowest BCUT2D eigenvalue weighted by Crippen LogP contribution is -2.32. The molecule has 0 atom stereocenters. The largest absolute Gasteiger partial charge is 0.300 e. The van der Waals surface area contributed by atoms with Crippen molar-refractivity contribution in [2.75, 3.05) is 32.7 Å². The van der Waals surface area contributed by atoms with Crippen LogP contribution in [0.15, 0.2) is 23.6 Å². The average Bonchev–Trinajstić information content (AvgIpc) is 3.03. The summed E-state index contributed by atoms with van der Waals surface area (Å²) in [6, 6.07) is 6.56. The lowest BCUT2D eigenvalue weighted by molar-refractivity contribution is 0.244. The van der Waals surface area contributed by atoms with Crippen LogP contribution >= 0.6 is 11.3 Å². The third-order valence-corrected chi connectivity index (χ3v) is 5.23. The molecule has 0 bridgehead atoms. The highest BCUT2D eigenvalue weighted by Gasteiger charge is 2.15. The van der Waals surface area contributed by atoms with Crippen LogP contribution in [0.4, 0.5) is 0 Å². The second kappa shape index (κ2) is 7.40. The minimum Gasteiger partial charge on any atom is -0.300 e. The molecule has 22 heavy (non-hydrogen) atoms. The maximum Gasteiger partial charge on any atom is 0.0596 e. The summed E-state index contributed by atoms with van der Waals surface area (Å²) in [6.45, 7) is 12.2. The molecule has 4 nitrogen and oxygen atoms in total. The molecule has 3 rings (SSSR count). The van der Waals surface area contributed by atoms with Crippen LogP contribution in [0.3, 0.4) is 0 Å². The molecule has 2 aromatic rings. The van der Waals surface area contributed by atoms with E-state index >= 15 is 0 Å². The Morgan fingerprint density at radius 2 is 1.91 bits per heavy atom. The third-order valence-electron chi connectivity index (χ3n) is 4.37. The van der Waals surface area contributed by atoms with E-state index in [-0.39, 0.29) is 0 Å². The minimum atomic E-state index is 1.00. The Kier molecular flexibility index (Phi) is 5.28. The first-order valence-electron chi connectivity index (χ1n) is 8.19. The van der Waals surface area contributed by atoms with E-state index in [1.54, 1.807) is 0 Å². The van der Waals surface area contributed by atoms with E-state index in [4.69, 9.17) is 0 Å². The molecule has 3 heterocycles. The molecule has 0 saturated carbocycles. The van der Waals surface area contributed by atoms with E-state index in [1.165, 1.54) is 43.2 Å². The van der Waals surface area contributed by atoms with Crippen LogP contribution in [0.2, 0.25) is 0 Å². The van der Waals surface area contributed by atoms with E-state index < -0.39 is 0 Å². The smallest absolute Gasteiger partial charge is 0.0596 e. The number of hydrogen-bond donors (Lipinski definition) is 0. The summed E-state index contributed by atoms with van der Waals surface area (Å²) in [6.07, 6.45) is 1.27. The molecule has 1 aliphatic rings. The Labute approximate surface area is 137 Å². The highest BCUT2D eigenvalue weighted by Crippen LogP contribution is 2.14. The van der Waals surface area contributed by atoms with Crippen LogP contribution in [0, 0.1) is 13.8 Å². The van der Waals surface area contributed by atoms with Crippen molar-refractivity contribution in [3.05, 3.63) is 39.8 Å². The van der Waals surface area contributed by atoms with Crippen LogP contribution in [0.1, 0.15) is 22.7 Å². The Hall–Kier alpha value is -1.17. The van der Waals surface area contributed by atoms with Crippen molar-refractivity contribution in [2.24, 2.45) is 0 Å². The molecule has 0 aliphatic carbocycles. The molecule has 1 aliphatic heterocycles. The summed E-state index contributed by atoms with van der Waals surface area (Å²) in [4.78, 5) is 6.66. The number of thiophene rings is 1. The van der Waals surface area contributed by atoms with E-state index in [1.807, 2.05) is 11.3 Å². The monoisotopic (exact) mass is 318 g/mol. The van der Waals surface area contributed by atoms with Gasteiger partial charge in [-0.2, -0.15) is 5.10 Å². The quantitative estimate of drug-likeness (QED) is 0.847. The molecular formula is C17H26N4S. The second-order valence-corrected chi connectivity index (χ2v) is 7.23. The fraction of sp³-hybridized carbons (Fsp3) is 0.588. The number of aromatic nitrogens is 2. The molecule has 0 radical (unpaired) electrons. The van der Waals surface area contributed by atoms with Gasteiger partial charge in [0.1, 0.15) is 0 Å². The van der Waals surface area contributed by atoms with Crippen LogP contribution < -0.4 is 0 Å². The first-order valence-corrected chi connectivity index (χ1v) is 9.07. The van der Waals surface area contributed by atoms with E-state index in [2.05, 4.69) is 57.0 Å². The lowest BCUT2D eigenvalue weighted by atomic mass is 10.3. The molecule has 0 amide bonds. The highest BCUT2D eigenvalue weighted by molar-refractivity contribution is 7.09. The van der Waals surface area contributed by atoms with Crippen molar-refractivity contribution in [2.45, 2.75) is 33.4 Å². The third kappa shape index (κ3) is 4.18. The zero-order valence-electron chi connectivity index (χ0n) is 13.7. The number of rotatable bonds is 5. The van der Waals surface area contributed by atoms with Gasteiger partial charge in [-0.15, -0.1) is 11.3 Å². The molecule has 1 fully saturated rings. The first-order chi connectivity index (χ1) is 10.7. The van der Waals surface area contributed by atoms with Gasteiger partial charge in [0.15, 0.2) is 0 Å². The summed E-state index contributed by atoms with van der Waals surface area (Å²) < 4.78 is 2.14. The maximum atomic E-state index is 4.56. The molecule has 1 saturated heterocycles. The predicted octanol–water partition coefficient (Wildman–Crippen LogP) is 2.77. The molecular weight excluding hydrogens is 292 g/mol. The summed E-state index contributed by atoms with van der Waals surface area (Å²) in [7, 11) is 0. The Morgan fingerprint density at radius 3 is 2.64 bits per heavy atom. The van der Waals surface area contributed by atoms with Gasteiger partial charge in [-0.3, -0.25) is 9.58 Å². The number of nitrogens with zero attached hydrogens (tertiary/aromatic N) is 4. The summed E-state index contributed by atoms with van der Waals surface area (Å²) >= 11 is 1.87. The maximum absolute atomic E-state index is 4.56. The van der Waals surface area contributed by atoms with Crippen molar-refractivity contribution in [3.8, 4) is 0 Å². The Bertz CT molecular complexity index is 576. The van der Waals surface area contributed by atoms with Gasteiger partial charge in [0, 0.05) is 36.8 Å². The van der Waals surface area contributed by atoms with Gasteiger partial charge in [-0.05, 0) is 50.9 Å². The fourth-order valence-corrected chi connectivity index (χ4v) is 3.91. The zero-order chi connectivity index (χ0) is 15.4. The van der Waals surface area contributed by atoms with Crippen LogP contribution in [0.5, 0.6) is 0 Å². The van der Waals surface area contributed by atoms with Gasteiger partial charge in [0.25, 0.3) is 0 Å². The minimum absolute atomic E-state index is 1.00. The summed E-state index contributed by atoms with van der Waals surface area (Å²) in [5.74, 6) is 0. The number of aryl methyl sites for hydroxylation is 2. The van der Waals surface area contributed by atoms with Crippen molar-refractivity contribution < 1.29 is 0 Å². The zero-order valence-corrected chi connectivity index (χ0v) is 14.5. The van der Waals surface area contributed by atoms with Crippen molar-refractivity contribution in [3.63, 3.8) is 0 Å². The Morgan fingerprint density at radius 1 is 1.09 bits per heavy atom. The van der Waals surface area contributed by atoms with E-state index in [0.717, 1.165) is 25.3 Å². The lowest BCUT2D eigenvalue weighted by Gasteiger charge is -2.21. The van der Waals surface area contributed by atoms with Crippen LogP contribution in [0.25, 0.3) is 0 Å². The predicted molar refractivity (Wildman–Crippen MR) is 92.4 cm³/mol. The molecule has 2 aromatic heterocycles. The van der Waals surface area contributed by atoms with Gasteiger partial charge < -0.3 is 4.90 Å². The SMILES string of the molecule is Cc1cc(C)n(CCN2CCCN(Cc3cccs3)CC2)n1. The average molecular weight is 318 g/mol. The first kappa shape index (κ1) is 15.7. The summed E-state index contributed by atoms with van der Waals surface area (Å²) in [5, 5.41) is 6.74. The van der Waals surface area contributed by atoms with Gasteiger partial charge in [0.05, 0.1) is 12.2 Å². The molecule has 0 N–H and O–H groups in total. The highest BCUT2D eigenvalue weighted by atomic mass is 32.1.